The summed E-state index contributed by atoms with van der Waals surface area (Å²) in [5.74, 6) is -2.05. The number of hydrogen-bond donors (Lipinski definition) is 1. The number of rotatable bonds is 4. The molecule has 0 spiro atoms. The lowest BCUT2D eigenvalue weighted by Crippen LogP contribution is -2.26. The van der Waals surface area contributed by atoms with Gasteiger partial charge in [-0.25, -0.2) is 0 Å². The van der Waals surface area contributed by atoms with Gasteiger partial charge in [-0.2, -0.15) is 4.39 Å². The summed E-state index contributed by atoms with van der Waals surface area (Å²) in [5.41, 5.74) is -1.77. The highest BCUT2D eigenvalue weighted by Crippen LogP contribution is 2.27. The highest BCUT2D eigenvalue weighted by molar-refractivity contribution is 5.74. The molecule has 1 aromatic rings. The van der Waals surface area contributed by atoms with Crippen LogP contribution in [0.25, 0.3) is 0 Å². The molecule has 0 heterocycles. The molecule has 0 amide bonds. The number of benzene rings is 1. The molecular formula is C11H12FNO4. The zero-order valence-corrected chi connectivity index (χ0v) is 9.44. The normalized spacial score (nSPS) is 11.2. The first-order chi connectivity index (χ1) is 7.75. The van der Waals surface area contributed by atoms with Gasteiger partial charge in [0.15, 0.2) is 0 Å². The Balaban J connectivity index is 3.13. The second-order valence-corrected chi connectivity index (χ2v) is 4.37. The van der Waals surface area contributed by atoms with E-state index in [9.17, 15) is 19.3 Å². The smallest absolute Gasteiger partial charge is 0.309 e. The van der Waals surface area contributed by atoms with Crippen LogP contribution in [-0.4, -0.2) is 16.0 Å². The van der Waals surface area contributed by atoms with E-state index in [1.165, 1.54) is 26.0 Å². The number of hydrogen-bond acceptors (Lipinski definition) is 3. The van der Waals surface area contributed by atoms with Crippen LogP contribution in [0.3, 0.4) is 0 Å². The largest absolute Gasteiger partial charge is 0.481 e. The van der Waals surface area contributed by atoms with E-state index in [0.29, 0.717) is 0 Å². The summed E-state index contributed by atoms with van der Waals surface area (Å²) in [6, 6.07) is 3.74. The lowest BCUT2D eigenvalue weighted by Gasteiger charge is -2.19. The molecule has 1 aromatic carbocycles. The van der Waals surface area contributed by atoms with Gasteiger partial charge in [0.1, 0.15) is 0 Å². The fraction of sp³-hybridized carbons (Fsp3) is 0.364. The molecule has 0 aliphatic heterocycles. The van der Waals surface area contributed by atoms with Crippen molar-refractivity contribution < 1.29 is 19.2 Å². The second-order valence-electron chi connectivity index (χ2n) is 4.37. The summed E-state index contributed by atoms with van der Waals surface area (Å²) in [6.45, 7) is 2.88. The zero-order valence-electron chi connectivity index (χ0n) is 9.44. The Morgan fingerprint density at radius 2 is 2.12 bits per heavy atom. The minimum atomic E-state index is -1.17. The summed E-state index contributed by atoms with van der Waals surface area (Å²) in [7, 11) is 0. The average molecular weight is 241 g/mol. The molecular weight excluding hydrogens is 229 g/mol. The van der Waals surface area contributed by atoms with Crippen molar-refractivity contribution in [2.45, 2.75) is 20.3 Å². The molecule has 92 valence electrons. The molecule has 0 unspecified atom stereocenters. The number of nitro benzene ring substituents is 1. The van der Waals surface area contributed by atoms with Crippen LogP contribution >= 0.6 is 0 Å². The third-order valence-corrected chi connectivity index (χ3v) is 2.47. The fourth-order valence-electron chi connectivity index (χ4n) is 1.40. The number of nitro groups is 1. The number of carboxylic acid groups (broad SMARTS) is 1. The fourth-order valence-corrected chi connectivity index (χ4v) is 1.40. The molecule has 6 heteroatoms. The first kappa shape index (κ1) is 13.1. The zero-order chi connectivity index (χ0) is 13.2. The molecule has 0 aromatic heterocycles. The van der Waals surface area contributed by atoms with Gasteiger partial charge in [0.05, 0.1) is 10.3 Å². The molecule has 0 saturated heterocycles. The summed E-state index contributed by atoms with van der Waals surface area (Å²) >= 11 is 0. The molecule has 0 bridgehead atoms. The molecule has 17 heavy (non-hydrogen) atoms. The summed E-state index contributed by atoms with van der Waals surface area (Å²) < 4.78 is 13.7. The quantitative estimate of drug-likeness (QED) is 0.648. The number of aliphatic carboxylic acids is 1. The highest BCUT2D eigenvalue weighted by Gasteiger charge is 2.30. The van der Waals surface area contributed by atoms with Gasteiger partial charge < -0.3 is 5.11 Å². The maximum atomic E-state index is 13.7. The van der Waals surface area contributed by atoms with Crippen molar-refractivity contribution in [3.63, 3.8) is 0 Å². The van der Waals surface area contributed by atoms with Crippen LogP contribution in [0, 0.1) is 21.3 Å². The van der Waals surface area contributed by atoms with Gasteiger partial charge >= 0.3 is 11.7 Å². The number of nitrogens with zero attached hydrogens (tertiary/aromatic N) is 1. The Kier molecular flexibility index (Phi) is 3.45. The van der Waals surface area contributed by atoms with Crippen molar-refractivity contribution in [1.82, 2.24) is 0 Å². The topological polar surface area (TPSA) is 80.4 Å². The SMILES string of the molecule is CC(C)(Cc1cccc([N+](=O)[O-])c1F)C(=O)O. The van der Waals surface area contributed by atoms with E-state index in [4.69, 9.17) is 5.11 Å². The standard InChI is InChI=1S/C11H12FNO4/c1-11(2,10(14)15)6-7-4-3-5-8(9(7)12)13(16)17/h3-5H,6H2,1-2H3,(H,14,15). The average Bonchev–Trinajstić information content (AvgIpc) is 2.20. The Morgan fingerprint density at radius 1 is 1.53 bits per heavy atom. The van der Waals surface area contributed by atoms with Gasteiger partial charge in [-0.15, -0.1) is 0 Å². The van der Waals surface area contributed by atoms with Crippen molar-refractivity contribution in [2.75, 3.05) is 0 Å². The molecule has 0 radical (unpaired) electrons. The Hall–Kier alpha value is -1.98. The van der Waals surface area contributed by atoms with E-state index in [1.54, 1.807) is 0 Å². The maximum Gasteiger partial charge on any atom is 0.309 e. The van der Waals surface area contributed by atoms with Gasteiger partial charge in [-0.1, -0.05) is 12.1 Å². The molecule has 5 nitrogen and oxygen atoms in total. The van der Waals surface area contributed by atoms with Crippen LogP contribution < -0.4 is 0 Å². The summed E-state index contributed by atoms with van der Waals surface area (Å²) in [5, 5.41) is 19.4. The molecule has 1 N–H and O–H groups in total. The van der Waals surface area contributed by atoms with E-state index >= 15 is 0 Å². The van der Waals surface area contributed by atoms with Crippen LogP contribution in [0.1, 0.15) is 19.4 Å². The van der Waals surface area contributed by atoms with Crippen LogP contribution in [-0.2, 0) is 11.2 Å². The first-order valence-corrected chi connectivity index (χ1v) is 4.91. The molecule has 1 rings (SSSR count). The van der Waals surface area contributed by atoms with Gasteiger partial charge in [0, 0.05) is 6.07 Å². The number of halogens is 1. The van der Waals surface area contributed by atoms with E-state index in [1.807, 2.05) is 0 Å². The van der Waals surface area contributed by atoms with Crippen molar-refractivity contribution >= 4 is 11.7 Å². The van der Waals surface area contributed by atoms with Crippen LogP contribution in [0.5, 0.6) is 0 Å². The van der Waals surface area contributed by atoms with Crippen molar-refractivity contribution in [3.05, 3.63) is 39.7 Å². The molecule has 0 atom stereocenters. The van der Waals surface area contributed by atoms with Crippen LogP contribution in [0.2, 0.25) is 0 Å². The molecule has 0 fully saturated rings. The Bertz CT molecular complexity index is 471. The molecule has 0 aliphatic carbocycles. The van der Waals surface area contributed by atoms with E-state index in [-0.39, 0.29) is 12.0 Å². The minimum absolute atomic E-state index is 0.0339. The second kappa shape index (κ2) is 4.48. The summed E-state index contributed by atoms with van der Waals surface area (Å²) in [6.07, 6.45) is -0.101. The van der Waals surface area contributed by atoms with Crippen LogP contribution in [0.4, 0.5) is 10.1 Å². The Labute approximate surface area is 97.0 Å². The van der Waals surface area contributed by atoms with Crippen molar-refractivity contribution in [1.29, 1.82) is 0 Å². The predicted octanol–water partition coefficient (Wildman–Crippen LogP) is 2.39. The lowest BCUT2D eigenvalue weighted by molar-refractivity contribution is -0.387. The van der Waals surface area contributed by atoms with Gasteiger partial charge in [0.2, 0.25) is 5.82 Å². The van der Waals surface area contributed by atoms with Crippen molar-refractivity contribution in [2.24, 2.45) is 5.41 Å². The van der Waals surface area contributed by atoms with E-state index in [0.717, 1.165) is 6.07 Å². The lowest BCUT2D eigenvalue weighted by atomic mass is 9.85. The van der Waals surface area contributed by atoms with Gasteiger partial charge in [-0.3, -0.25) is 14.9 Å². The van der Waals surface area contributed by atoms with Crippen molar-refractivity contribution in [3.8, 4) is 0 Å². The molecule has 0 saturated carbocycles. The Morgan fingerprint density at radius 3 is 2.59 bits per heavy atom. The minimum Gasteiger partial charge on any atom is -0.481 e. The van der Waals surface area contributed by atoms with E-state index in [2.05, 4.69) is 0 Å². The highest BCUT2D eigenvalue weighted by atomic mass is 19.1. The number of carboxylic acids is 1. The van der Waals surface area contributed by atoms with Gasteiger partial charge in [0.25, 0.3) is 0 Å². The third kappa shape index (κ3) is 2.77. The maximum absolute atomic E-state index is 13.7. The predicted molar refractivity (Wildman–Crippen MR) is 58.2 cm³/mol. The van der Waals surface area contributed by atoms with E-state index < -0.39 is 27.8 Å². The monoisotopic (exact) mass is 241 g/mol. The third-order valence-electron chi connectivity index (χ3n) is 2.47. The summed E-state index contributed by atoms with van der Waals surface area (Å²) in [4.78, 5) is 20.6. The molecule has 0 aliphatic rings. The first-order valence-electron chi connectivity index (χ1n) is 4.91. The van der Waals surface area contributed by atoms with Crippen LogP contribution in [0.15, 0.2) is 18.2 Å². The van der Waals surface area contributed by atoms with Gasteiger partial charge in [-0.05, 0) is 25.8 Å². The number of carbonyl (C=O) groups is 1.